The third-order valence-corrected chi connectivity index (χ3v) is 7.72. The molecule has 0 saturated heterocycles. The second-order valence-electron chi connectivity index (χ2n) is 8.36. The molecule has 1 aromatic carbocycles. The zero-order valence-electron chi connectivity index (χ0n) is 20.1. The number of carbonyl (C=O) groups excluding carboxylic acids is 1. The number of sulfone groups is 1. The maximum Gasteiger partial charge on any atom is 0.350 e. The van der Waals surface area contributed by atoms with Gasteiger partial charge in [-0.25, -0.2) is 23.2 Å². The number of nitrogens with one attached hydrogen (secondary N) is 2. The number of aryl methyl sites for hydroxylation is 1. The van der Waals surface area contributed by atoms with Gasteiger partial charge in [-0.1, -0.05) is 23.5 Å². The second-order valence-corrected chi connectivity index (χ2v) is 11.4. The number of esters is 1. The molecule has 0 atom stereocenters. The zero-order valence-corrected chi connectivity index (χ0v) is 21.7. The van der Waals surface area contributed by atoms with Crippen LogP contribution >= 0.6 is 11.3 Å². The Morgan fingerprint density at radius 3 is 2.63 bits per heavy atom. The van der Waals surface area contributed by atoms with E-state index in [1.165, 1.54) is 17.6 Å². The topological polar surface area (TPSA) is 126 Å². The highest BCUT2D eigenvalue weighted by molar-refractivity contribution is 7.90. The third-order valence-electron chi connectivity index (χ3n) is 5.54. The lowest BCUT2D eigenvalue weighted by Gasteiger charge is -2.26. The molecule has 0 fully saturated rings. The van der Waals surface area contributed by atoms with Crippen molar-refractivity contribution in [1.82, 2.24) is 19.9 Å². The Labute approximate surface area is 208 Å². The minimum atomic E-state index is -3.24. The van der Waals surface area contributed by atoms with Crippen LogP contribution in [0.5, 0.6) is 0 Å². The Morgan fingerprint density at radius 2 is 1.94 bits per heavy atom. The van der Waals surface area contributed by atoms with E-state index in [1.807, 2.05) is 0 Å². The van der Waals surface area contributed by atoms with Gasteiger partial charge in [-0.3, -0.25) is 5.32 Å². The van der Waals surface area contributed by atoms with Crippen molar-refractivity contribution in [2.24, 2.45) is 0 Å². The number of hydrogen-bond acceptors (Lipinski definition) is 11. The Hall–Kier alpha value is -3.09. The molecule has 0 unspecified atom stereocenters. The van der Waals surface area contributed by atoms with Crippen LogP contribution in [0.25, 0.3) is 0 Å². The van der Waals surface area contributed by atoms with E-state index in [4.69, 9.17) is 14.7 Å². The molecule has 10 nitrogen and oxygen atoms in total. The summed E-state index contributed by atoms with van der Waals surface area (Å²) in [6.07, 6.45) is 1.98. The summed E-state index contributed by atoms with van der Waals surface area (Å²) in [4.78, 5) is 28.9. The largest absolute Gasteiger partial charge is 0.462 e. The number of benzene rings is 1. The first-order valence-corrected chi connectivity index (χ1v) is 13.9. The van der Waals surface area contributed by atoms with Gasteiger partial charge in [-0.05, 0) is 38.6 Å². The number of rotatable bonds is 8. The van der Waals surface area contributed by atoms with E-state index < -0.39 is 15.8 Å². The number of ether oxygens (including phenoxy) is 1. The molecule has 0 saturated carbocycles. The lowest BCUT2D eigenvalue weighted by Crippen LogP contribution is -2.29. The lowest BCUT2D eigenvalue weighted by molar-refractivity contribution is 0.0531. The Kier molecular flexibility index (Phi) is 7.33. The highest BCUT2D eigenvalue weighted by atomic mass is 32.2. The fourth-order valence-corrected chi connectivity index (χ4v) is 5.21. The first-order chi connectivity index (χ1) is 16.6. The fourth-order valence-electron chi connectivity index (χ4n) is 3.72. The number of hydrogen-bond donors (Lipinski definition) is 2. The van der Waals surface area contributed by atoms with Crippen molar-refractivity contribution in [1.29, 1.82) is 0 Å². The summed E-state index contributed by atoms with van der Waals surface area (Å²) >= 11 is 1.21. The molecule has 0 aliphatic carbocycles. The molecule has 35 heavy (non-hydrogen) atoms. The van der Waals surface area contributed by atoms with Gasteiger partial charge in [-0.2, -0.15) is 4.98 Å². The average Bonchev–Trinajstić information content (AvgIpc) is 3.17. The summed E-state index contributed by atoms with van der Waals surface area (Å²) < 4.78 is 28.5. The van der Waals surface area contributed by atoms with E-state index in [1.54, 1.807) is 38.1 Å². The minimum absolute atomic E-state index is 0.287. The molecular formula is C23H28N6O4S2. The van der Waals surface area contributed by atoms with Crippen molar-refractivity contribution < 1.29 is 17.9 Å². The summed E-state index contributed by atoms with van der Waals surface area (Å²) in [5, 5.41) is 7.05. The molecular weight excluding hydrogens is 488 g/mol. The van der Waals surface area contributed by atoms with Gasteiger partial charge in [0, 0.05) is 37.9 Å². The summed E-state index contributed by atoms with van der Waals surface area (Å²) in [7, 11) is -1.19. The van der Waals surface area contributed by atoms with E-state index in [-0.39, 0.29) is 4.90 Å². The standard InChI is InChI=1S/C23H28N6O4S2/c1-5-33-21(30)19-14(2)25-23(34-19)28-22-26-18-10-11-29(3)13-17(18)20(27-22)24-12-15-6-8-16(9-7-15)35(4,31)32/h6-9H,5,10-13H2,1-4H3,(H2,24,25,26,27,28). The van der Waals surface area contributed by atoms with Gasteiger partial charge < -0.3 is 15.0 Å². The molecule has 2 aromatic heterocycles. The molecule has 4 rings (SSSR count). The van der Waals surface area contributed by atoms with Gasteiger partial charge in [0.15, 0.2) is 15.0 Å². The molecule has 0 radical (unpaired) electrons. The molecule has 3 heterocycles. The van der Waals surface area contributed by atoms with Crippen LogP contribution in [-0.4, -0.2) is 60.7 Å². The number of thiazole rings is 1. The van der Waals surface area contributed by atoms with Gasteiger partial charge >= 0.3 is 5.97 Å². The molecule has 1 aliphatic heterocycles. The minimum Gasteiger partial charge on any atom is -0.462 e. The molecule has 0 amide bonds. The van der Waals surface area contributed by atoms with Gasteiger partial charge in [0.1, 0.15) is 10.7 Å². The highest BCUT2D eigenvalue weighted by Crippen LogP contribution is 2.29. The Bertz CT molecular complexity index is 1340. The smallest absolute Gasteiger partial charge is 0.350 e. The molecule has 1 aliphatic rings. The van der Waals surface area contributed by atoms with Gasteiger partial charge in [0.05, 0.1) is 22.9 Å². The van der Waals surface area contributed by atoms with Crippen molar-refractivity contribution >= 4 is 44.0 Å². The maximum atomic E-state index is 12.1. The van der Waals surface area contributed by atoms with E-state index in [9.17, 15) is 13.2 Å². The van der Waals surface area contributed by atoms with Gasteiger partial charge in [0.2, 0.25) is 5.95 Å². The van der Waals surface area contributed by atoms with E-state index in [0.29, 0.717) is 47.2 Å². The molecule has 0 bridgehead atoms. The van der Waals surface area contributed by atoms with Crippen molar-refractivity contribution in [2.45, 2.75) is 38.3 Å². The van der Waals surface area contributed by atoms with Crippen molar-refractivity contribution in [3.8, 4) is 0 Å². The van der Waals surface area contributed by atoms with Crippen LogP contribution in [0.1, 0.15) is 39.1 Å². The Balaban J connectivity index is 1.58. The molecule has 2 N–H and O–H groups in total. The monoisotopic (exact) mass is 516 g/mol. The van der Waals surface area contributed by atoms with Crippen molar-refractivity contribution in [2.75, 3.05) is 37.1 Å². The van der Waals surface area contributed by atoms with Gasteiger partial charge in [-0.15, -0.1) is 0 Å². The zero-order chi connectivity index (χ0) is 25.2. The molecule has 0 spiro atoms. The molecule has 3 aromatic rings. The van der Waals surface area contributed by atoms with Crippen LogP contribution in [0.2, 0.25) is 0 Å². The highest BCUT2D eigenvalue weighted by Gasteiger charge is 2.22. The van der Waals surface area contributed by atoms with Crippen LogP contribution in [0, 0.1) is 6.92 Å². The number of fused-ring (bicyclic) bond motifs is 1. The first-order valence-electron chi connectivity index (χ1n) is 11.2. The molecule has 12 heteroatoms. The fraction of sp³-hybridized carbons (Fsp3) is 0.391. The third kappa shape index (κ3) is 5.95. The lowest BCUT2D eigenvalue weighted by atomic mass is 10.1. The van der Waals surface area contributed by atoms with Crippen LogP contribution in [-0.2, 0) is 34.1 Å². The van der Waals surface area contributed by atoms with Crippen LogP contribution < -0.4 is 10.6 Å². The van der Waals surface area contributed by atoms with E-state index in [0.717, 1.165) is 29.8 Å². The van der Waals surface area contributed by atoms with Crippen molar-refractivity contribution in [3.63, 3.8) is 0 Å². The predicted molar refractivity (Wildman–Crippen MR) is 135 cm³/mol. The van der Waals surface area contributed by atoms with Crippen LogP contribution in [0.3, 0.4) is 0 Å². The van der Waals surface area contributed by atoms with E-state index in [2.05, 4.69) is 27.6 Å². The first kappa shape index (κ1) is 25.0. The van der Waals surface area contributed by atoms with Crippen LogP contribution in [0.4, 0.5) is 16.9 Å². The SMILES string of the molecule is CCOC(=O)c1sc(Nc2nc3c(c(NCc4ccc(S(C)(=O)=O)cc4)n2)CN(C)CC3)nc1C. The summed E-state index contributed by atoms with van der Waals surface area (Å²) in [5.41, 5.74) is 3.50. The van der Waals surface area contributed by atoms with Crippen LogP contribution in [0.15, 0.2) is 29.2 Å². The predicted octanol–water partition coefficient (Wildman–Crippen LogP) is 3.17. The maximum absolute atomic E-state index is 12.1. The van der Waals surface area contributed by atoms with Crippen molar-refractivity contribution in [3.05, 3.63) is 51.7 Å². The summed E-state index contributed by atoms with van der Waals surface area (Å²) in [6.45, 7) is 5.90. The summed E-state index contributed by atoms with van der Waals surface area (Å²) in [5.74, 6) is 0.705. The molecule has 186 valence electrons. The number of nitrogens with zero attached hydrogens (tertiary/aromatic N) is 4. The van der Waals surface area contributed by atoms with E-state index >= 15 is 0 Å². The normalized spacial score (nSPS) is 13.8. The van der Waals surface area contributed by atoms with Gasteiger partial charge in [0.25, 0.3) is 0 Å². The quantitative estimate of drug-likeness (QED) is 0.431. The average molecular weight is 517 g/mol. The number of anilines is 3. The number of carbonyl (C=O) groups is 1. The summed E-state index contributed by atoms with van der Waals surface area (Å²) in [6, 6.07) is 6.79. The number of likely N-dealkylation sites (N-methyl/N-ethyl adjacent to an activating group) is 1. The Morgan fingerprint density at radius 1 is 1.20 bits per heavy atom. The second kappa shape index (κ2) is 10.3. The number of aromatic nitrogens is 3.